The topological polar surface area (TPSA) is 0 Å². The van der Waals surface area contributed by atoms with Gasteiger partial charge in [-0.3, -0.25) is 0 Å². The lowest BCUT2D eigenvalue weighted by Gasteiger charge is -2.03. The van der Waals surface area contributed by atoms with Gasteiger partial charge in [0.2, 0.25) is 0 Å². The van der Waals surface area contributed by atoms with Crippen molar-refractivity contribution >= 4 is 42.3 Å². The molecular formula is C18H12S. The molecule has 1 aromatic heterocycles. The summed E-state index contributed by atoms with van der Waals surface area (Å²) in [6.07, 6.45) is 2.42. The highest BCUT2D eigenvalue weighted by Crippen LogP contribution is 2.43. The molecule has 0 bridgehead atoms. The first kappa shape index (κ1) is 9.99. The van der Waals surface area contributed by atoms with Crippen LogP contribution in [0.25, 0.3) is 30.9 Å². The second-order valence-electron chi connectivity index (χ2n) is 5.35. The predicted molar refractivity (Wildman–Crippen MR) is 84.2 cm³/mol. The minimum Gasteiger partial charge on any atom is -0.135 e. The Bertz CT molecular complexity index is 960. The van der Waals surface area contributed by atoms with E-state index in [2.05, 4.69) is 48.5 Å². The SMILES string of the molecule is c1cc2c3c(c4sc5ccccc5c4cc3c1)CC2. The predicted octanol–water partition coefficient (Wildman–Crippen LogP) is 5.31. The Kier molecular flexibility index (Phi) is 1.77. The summed E-state index contributed by atoms with van der Waals surface area (Å²) in [4.78, 5) is 0. The highest BCUT2D eigenvalue weighted by Gasteiger charge is 2.19. The van der Waals surface area contributed by atoms with E-state index in [0.29, 0.717) is 0 Å². The number of rotatable bonds is 0. The van der Waals surface area contributed by atoms with Crippen molar-refractivity contribution in [2.24, 2.45) is 0 Å². The molecule has 1 heteroatoms. The average Bonchev–Trinajstić information content (AvgIpc) is 3.02. The van der Waals surface area contributed by atoms with E-state index in [4.69, 9.17) is 0 Å². The van der Waals surface area contributed by atoms with Gasteiger partial charge in [0.1, 0.15) is 0 Å². The fourth-order valence-corrected chi connectivity index (χ4v) is 4.78. The Morgan fingerprint density at radius 1 is 0.842 bits per heavy atom. The first-order valence-electron chi connectivity index (χ1n) is 6.76. The zero-order chi connectivity index (χ0) is 12.4. The molecule has 0 spiro atoms. The Labute approximate surface area is 115 Å². The van der Waals surface area contributed by atoms with Gasteiger partial charge in [-0.15, -0.1) is 11.3 Å². The minimum atomic E-state index is 1.21. The average molecular weight is 260 g/mol. The first-order valence-corrected chi connectivity index (χ1v) is 7.58. The molecule has 1 aliphatic rings. The van der Waals surface area contributed by atoms with Gasteiger partial charge >= 0.3 is 0 Å². The van der Waals surface area contributed by atoms with E-state index in [1.807, 2.05) is 11.3 Å². The van der Waals surface area contributed by atoms with Crippen molar-refractivity contribution in [1.82, 2.24) is 0 Å². The molecule has 5 rings (SSSR count). The third kappa shape index (κ3) is 1.19. The van der Waals surface area contributed by atoms with Gasteiger partial charge in [-0.05, 0) is 46.9 Å². The smallest absolute Gasteiger partial charge is 0.0394 e. The van der Waals surface area contributed by atoms with Crippen LogP contribution >= 0.6 is 11.3 Å². The third-order valence-corrected chi connectivity index (χ3v) is 5.58. The highest BCUT2D eigenvalue weighted by atomic mass is 32.1. The van der Waals surface area contributed by atoms with E-state index >= 15 is 0 Å². The second-order valence-corrected chi connectivity index (χ2v) is 6.40. The Morgan fingerprint density at radius 3 is 2.79 bits per heavy atom. The lowest BCUT2D eigenvalue weighted by Crippen LogP contribution is -1.79. The van der Waals surface area contributed by atoms with Gasteiger partial charge in [0.15, 0.2) is 0 Å². The van der Waals surface area contributed by atoms with Crippen molar-refractivity contribution in [2.45, 2.75) is 12.8 Å². The zero-order valence-electron chi connectivity index (χ0n) is 10.4. The van der Waals surface area contributed by atoms with Crippen molar-refractivity contribution in [3.63, 3.8) is 0 Å². The van der Waals surface area contributed by atoms with Crippen LogP contribution < -0.4 is 0 Å². The molecule has 0 amide bonds. The van der Waals surface area contributed by atoms with Gasteiger partial charge in [-0.2, -0.15) is 0 Å². The second kappa shape index (κ2) is 3.37. The molecule has 1 heterocycles. The molecular weight excluding hydrogens is 248 g/mol. The number of aryl methyl sites for hydroxylation is 2. The summed E-state index contributed by atoms with van der Waals surface area (Å²) in [6, 6.07) is 17.9. The van der Waals surface area contributed by atoms with Crippen molar-refractivity contribution in [2.75, 3.05) is 0 Å². The molecule has 4 aromatic rings. The van der Waals surface area contributed by atoms with Gasteiger partial charge in [-0.1, -0.05) is 36.4 Å². The molecule has 0 atom stereocenters. The van der Waals surface area contributed by atoms with E-state index in [1.165, 1.54) is 49.3 Å². The number of hydrogen-bond acceptors (Lipinski definition) is 1. The van der Waals surface area contributed by atoms with Crippen LogP contribution in [0.1, 0.15) is 11.1 Å². The Balaban J connectivity index is 2.13. The maximum atomic E-state index is 2.39. The summed E-state index contributed by atoms with van der Waals surface area (Å²) in [7, 11) is 0. The first-order chi connectivity index (χ1) is 9.42. The van der Waals surface area contributed by atoms with Gasteiger partial charge in [0, 0.05) is 20.2 Å². The molecule has 0 radical (unpaired) electrons. The van der Waals surface area contributed by atoms with Crippen molar-refractivity contribution < 1.29 is 0 Å². The van der Waals surface area contributed by atoms with Crippen LogP contribution in [-0.2, 0) is 12.8 Å². The quantitative estimate of drug-likeness (QED) is 0.402. The fraction of sp³-hybridized carbons (Fsp3) is 0.111. The van der Waals surface area contributed by atoms with Crippen molar-refractivity contribution in [3.8, 4) is 0 Å². The summed E-state index contributed by atoms with van der Waals surface area (Å²) in [6.45, 7) is 0. The van der Waals surface area contributed by atoms with E-state index < -0.39 is 0 Å². The molecule has 90 valence electrons. The Morgan fingerprint density at radius 2 is 1.79 bits per heavy atom. The molecule has 0 aliphatic heterocycles. The van der Waals surface area contributed by atoms with Crippen molar-refractivity contribution in [3.05, 3.63) is 59.7 Å². The van der Waals surface area contributed by atoms with E-state index in [-0.39, 0.29) is 0 Å². The number of hydrogen-bond donors (Lipinski definition) is 0. The highest BCUT2D eigenvalue weighted by molar-refractivity contribution is 7.26. The monoisotopic (exact) mass is 260 g/mol. The normalized spacial score (nSPS) is 13.9. The van der Waals surface area contributed by atoms with E-state index in [1.54, 1.807) is 5.56 Å². The molecule has 3 aromatic carbocycles. The van der Waals surface area contributed by atoms with Gasteiger partial charge in [0.05, 0.1) is 0 Å². The maximum absolute atomic E-state index is 2.39. The van der Waals surface area contributed by atoms with Crippen LogP contribution in [0.4, 0.5) is 0 Å². The third-order valence-electron chi connectivity index (χ3n) is 4.34. The standard InChI is InChI=1S/C18H12S/c1-2-7-16-13(6-1)15-10-12-5-3-4-11-8-9-14(17(11)12)18(15)19-16/h1-7,10H,8-9H2. The van der Waals surface area contributed by atoms with Crippen LogP contribution in [-0.4, -0.2) is 0 Å². The minimum absolute atomic E-state index is 1.21. The van der Waals surface area contributed by atoms with Gasteiger partial charge in [-0.25, -0.2) is 0 Å². The summed E-state index contributed by atoms with van der Waals surface area (Å²) in [5.41, 5.74) is 3.12. The van der Waals surface area contributed by atoms with Crippen LogP contribution in [0, 0.1) is 0 Å². The molecule has 0 saturated carbocycles. The number of thiophene rings is 1. The van der Waals surface area contributed by atoms with Gasteiger partial charge < -0.3 is 0 Å². The molecule has 0 N–H and O–H groups in total. The molecule has 0 saturated heterocycles. The lowest BCUT2D eigenvalue weighted by atomic mass is 10.0. The van der Waals surface area contributed by atoms with Crippen LogP contribution in [0.3, 0.4) is 0 Å². The summed E-state index contributed by atoms with van der Waals surface area (Å²) in [5, 5.41) is 5.81. The number of benzene rings is 3. The molecule has 0 unspecified atom stereocenters. The summed E-state index contributed by atoms with van der Waals surface area (Å²) >= 11 is 1.96. The lowest BCUT2D eigenvalue weighted by molar-refractivity contribution is 1.03. The van der Waals surface area contributed by atoms with Crippen molar-refractivity contribution in [1.29, 1.82) is 0 Å². The molecule has 0 fully saturated rings. The van der Waals surface area contributed by atoms with Gasteiger partial charge in [0.25, 0.3) is 0 Å². The zero-order valence-corrected chi connectivity index (χ0v) is 11.3. The van der Waals surface area contributed by atoms with E-state index in [0.717, 1.165) is 0 Å². The summed E-state index contributed by atoms with van der Waals surface area (Å²) in [5.74, 6) is 0. The van der Waals surface area contributed by atoms with Crippen LogP contribution in [0.15, 0.2) is 48.5 Å². The largest absolute Gasteiger partial charge is 0.135 e. The molecule has 1 aliphatic carbocycles. The fourth-order valence-electron chi connectivity index (χ4n) is 3.52. The van der Waals surface area contributed by atoms with Crippen LogP contribution in [0.5, 0.6) is 0 Å². The summed E-state index contributed by atoms with van der Waals surface area (Å²) < 4.78 is 2.93. The van der Waals surface area contributed by atoms with Crippen LogP contribution in [0.2, 0.25) is 0 Å². The van der Waals surface area contributed by atoms with E-state index in [9.17, 15) is 0 Å². The maximum Gasteiger partial charge on any atom is 0.0394 e. The molecule has 19 heavy (non-hydrogen) atoms. The number of fused-ring (bicyclic) bond motifs is 4. The molecule has 0 nitrogen and oxygen atoms in total. The Hall–Kier alpha value is -1.86.